The van der Waals surface area contributed by atoms with Crippen LogP contribution in [0.4, 0.5) is 0 Å². The van der Waals surface area contributed by atoms with Gasteiger partial charge in [0.25, 0.3) is 0 Å². The maximum Gasteiger partial charge on any atom is 0.343 e. The van der Waals surface area contributed by atoms with Crippen LogP contribution in [0, 0.1) is 0 Å². The molecule has 100 valence electrons. The molecule has 8 heteroatoms. The predicted molar refractivity (Wildman–Crippen MR) is 74.4 cm³/mol. The van der Waals surface area contributed by atoms with Crippen molar-refractivity contribution in [3.63, 3.8) is 0 Å². The molecule has 0 aromatic carbocycles. The summed E-state index contributed by atoms with van der Waals surface area (Å²) in [7, 11) is 1.66. The monoisotopic (exact) mass is 297 g/mol. The highest BCUT2D eigenvalue weighted by Gasteiger charge is 2.06. The fourth-order valence-corrected chi connectivity index (χ4v) is 3.15. The van der Waals surface area contributed by atoms with Crippen molar-refractivity contribution in [2.24, 2.45) is 7.05 Å². The van der Waals surface area contributed by atoms with Gasteiger partial charge in [-0.1, -0.05) is 11.8 Å². The van der Waals surface area contributed by atoms with Crippen LogP contribution in [0.1, 0.15) is 10.4 Å². The van der Waals surface area contributed by atoms with Crippen molar-refractivity contribution in [2.45, 2.75) is 10.9 Å². The zero-order valence-corrected chi connectivity index (χ0v) is 11.6. The fraction of sp³-hybridized carbons (Fsp3) is 0.182. The van der Waals surface area contributed by atoms with Crippen LogP contribution < -0.4 is 5.69 Å². The van der Waals surface area contributed by atoms with E-state index in [0.717, 1.165) is 16.5 Å². The Bertz CT molecular complexity index is 669. The van der Waals surface area contributed by atoms with E-state index in [9.17, 15) is 9.59 Å². The number of aliphatic carboxylic acids is 1. The molecule has 2 aromatic rings. The van der Waals surface area contributed by atoms with Crippen molar-refractivity contribution < 1.29 is 9.90 Å². The first-order valence-corrected chi connectivity index (χ1v) is 7.15. The Balaban J connectivity index is 1.99. The van der Waals surface area contributed by atoms with Crippen molar-refractivity contribution in [3.8, 4) is 0 Å². The Kier molecular flexibility index (Phi) is 4.23. The number of carboxylic acid groups (broad SMARTS) is 1. The third-order valence-electron chi connectivity index (χ3n) is 2.27. The average Bonchev–Trinajstić information content (AvgIpc) is 2.94. The molecule has 0 atom stereocenters. The third kappa shape index (κ3) is 3.58. The fourth-order valence-electron chi connectivity index (χ4n) is 1.33. The molecule has 0 saturated heterocycles. The van der Waals surface area contributed by atoms with Crippen molar-refractivity contribution in [3.05, 3.63) is 38.4 Å². The summed E-state index contributed by atoms with van der Waals surface area (Å²) in [6.45, 7) is 0. The van der Waals surface area contributed by atoms with Crippen LogP contribution in [0.15, 0.2) is 27.5 Å². The Morgan fingerprint density at radius 1 is 1.68 bits per heavy atom. The number of thioether (sulfide) groups is 1. The van der Waals surface area contributed by atoms with E-state index in [-0.39, 0.29) is 5.69 Å². The van der Waals surface area contributed by atoms with E-state index in [1.807, 2.05) is 11.4 Å². The standard InChI is InChI=1S/C11H11N3O3S2/c1-14-10(17)12-13-11(14)19-6-8-4-7(5-18-8)2-3-9(15)16/h2-5H,6H2,1H3,(H,12,17)(H,15,16). The zero-order chi connectivity index (χ0) is 13.8. The van der Waals surface area contributed by atoms with Crippen molar-refractivity contribution >= 4 is 35.1 Å². The van der Waals surface area contributed by atoms with E-state index in [2.05, 4.69) is 10.2 Å². The Labute approximate surface area is 116 Å². The number of nitrogens with zero attached hydrogens (tertiary/aromatic N) is 2. The van der Waals surface area contributed by atoms with Crippen LogP contribution in [0.25, 0.3) is 6.08 Å². The van der Waals surface area contributed by atoms with Gasteiger partial charge in [0.1, 0.15) is 0 Å². The second-order valence-corrected chi connectivity index (χ2v) is 5.62. The molecule has 0 bridgehead atoms. The summed E-state index contributed by atoms with van der Waals surface area (Å²) in [6.07, 6.45) is 2.66. The van der Waals surface area contributed by atoms with E-state index >= 15 is 0 Å². The van der Waals surface area contributed by atoms with Gasteiger partial charge >= 0.3 is 11.7 Å². The molecule has 0 aliphatic heterocycles. The molecule has 0 fully saturated rings. The lowest BCUT2D eigenvalue weighted by Gasteiger charge is -1.96. The number of aromatic nitrogens is 3. The van der Waals surface area contributed by atoms with Gasteiger partial charge in [0.05, 0.1) is 0 Å². The second-order valence-electron chi connectivity index (χ2n) is 3.68. The van der Waals surface area contributed by atoms with E-state index in [0.29, 0.717) is 10.9 Å². The summed E-state index contributed by atoms with van der Waals surface area (Å²) in [5, 5.41) is 17.3. The lowest BCUT2D eigenvalue weighted by molar-refractivity contribution is -0.131. The van der Waals surface area contributed by atoms with Crippen molar-refractivity contribution in [2.75, 3.05) is 0 Å². The maximum atomic E-state index is 11.2. The molecule has 0 radical (unpaired) electrons. The van der Waals surface area contributed by atoms with Crippen LogP contribution in [0.2, 0.25) is 0 Å². The van der Waals surface area contributed by atoms with E-state index in [1.165, 1.54) is 16.3 Å². The number of aromatic amines is 1. The number of carbonyl (C=O) groups is 1. The van der Waals surface area contributed by atoms with Crippen LogP contribution in [-0.4, -0.2) is 25.8 Å². The predicted octanol–water partition coefficient (Wildman–Crippen LogP) is 1.56. The second kappa shape index (κ2) is 5.89. The number of rotatable bonds is 5. The van der Waals surface area contributed by atoms with E-state index < -0.39 is 5.97 Å². The lowest BCUT2D eigenvalue weighted by Crippen LogP contribution is -2.12. The molecule has 0 unspecified atom stereocenters. The van der Waals surface area contributed by atoms with Crippen LogP contribution in [0.3, 0.4) is 0 Å². The summed E-state index contributed by atoms with van der Waals surface area (Å²) in [6, 6.07) is 1.92. The molecule has 0 saturated carbocycles. The lowest BCUT2D eigenvalue weighted by atomic mass is 10.3. The van der Waals surface area contributed by atoms with E-state index in [1.54, 1.807) is 24.5 Å². The highest BCUT2D eigenvalue weighted by Crippen LogP contribution is 2.24. The van der Waals surface area contributed by atoms with Gasteiger partial charge in [0.15, 0.2) is 5.16 Å². The normalized spacial score (nSPS) is 11.2. The minimum atomic E-state index is -0.964. The van der Waals surface area contributed by atoms with Crippen molar-refractivity contribution in [1.82, 2.24) is 14.8 Å². The highest BCUT2D eigenvalue weighted by atomic mass is 32.2. The molecule has 0 amide bonds. The number of hydrogen-bond donors (Lipinski definition) is 2. The smallest absolute Gasteiger partial charge is 0.343 e. The van der Waals surface area contributed by atoms with Gasteiger partial charge in [-0.3, -0.25) is 4.57 Å². The molecule has 0 aliphatic rings. The molecule has 0 spiro atoms. The topological polar surface area (TPSA) is 88.0 Å². The first-order chi connectivity index (χ1) is 9.06. The van der Waals surface area contributed by atoms with Gasteiger partial charge in [-0.25, -0.2) is 14.7 Å². The molecule has 2 N–H and O–H groups in total. The molecule has 2 rings (SSSR count). The van der Waals surface area contributed by atoms with Crippen molar-refractivity contribution in [1.29, 1.82) is 0 Å². The molecular formula is C11H11N3O3S2. The molecule has 19 heavy (non-hydrogen) atoms. The summed E-state index contributed by atoms with van der Waals surface area (Å²) in [5.41, 5.74) is 0.623. The summed E-state index contributed by atoms with van der Waals surface area (Å²) < 4.78 is 1.45. The molecular weight excluding hydrogens is 286 g/mol. The summed E-state index contributed by atoms with van der Waals surface area (Å²) in [4.78, 5) is 22.7. The van der Waals surface area contributed by atoms with Crippen LogP contribution in [-0.2, 0) is 17.6 Å². The van der Waals surface area contributed by atoms with E-state index in [4.69, 9.17) is 5.11 Å². The van der Waals surface area contributed by atoms with Gasteiger partial charge in [0.2, 0.25) is 0 Å². The first kappa shape index (κ1) is 13.6. The number of H-pyrrole nitrogens is 1. The minimum Gasteiger partial charge on any atom is -0.478 e. The Hall–Kier alpha value is -1.80. The zero-order valence-electron chi connectivity index (χ0n) is 9.99. The molecule has 6 nitrogen and oxygen atoms in total. The van der Waals surface area contributed by atoms with Gasteiger partial charge < -0.3 is 5.11 Å². The van der Waals surface area contributed by atoms with Gasteiger partial charge in [-0.15, -0.1) is 16.4 Å². The number of thiophene rings is 1. The minimum absolute atomic E-state index is 0.237. The maximum absolute atomic E-state index is 11.2. The van der Waals surface area contributed by atoms with Crippen LogP contribution >= 0.6 is 23.1 Å². The Morgan fingerprint density at radius 2 is 2.47 bits per heavy atom. The SMILES string of the molecule is Cn1c(SCc2cc(C=CC(=O)O)cs2)n[nH]c1=O. The summed E-state index contributed by atoms with van der Waals surface area (Å²) >= 11 is 2.99. The quantitative estimate of drug-likeness (QED) is 0.646. The number of carboxylic acids is 1. The molecule has 2 heterocycles. The largest absolute Gasteiger partial charge is 0.478 e. The molecule has 0 aliphatic carbocycles. The first-order valence-electron chi connectivity index (χ1n) is 5.29. The number of nitrogens with one attached hydrogen (secondary N) is 1. The average molecular weight is 297 g/mol. The highest BCUT2D eigenvalue weighted by molar-refractivity contribution is 7.98. The van der Waals surface area contributed by atoms with Gasteiger partial charge in [-0.05, 0) is 23.1 Å². The van der Waals surface area contributed by atoms with Gasteiger partial charge in [0, 0.05) is 23.8 Å². The molecule has 2 aromatic heterocycles. The van der Waals surface area contributed by atoms with Gasteiger partial charge in [-0.2, -0.15) is 0 Å². The summed E-state index contributed by atoms with van der Waals surface area (Å²) in [5.74, 6) is -0.280. The number of hydrogen-bond acceptors (Lipinski definition) is 5. The van der Waals surface area contributed by atoms with Crippen LogP contribution in [0.5, 0.6) is 0 Å². The Morgan fingerprint density at radius 3 is 3.11 bits per heavy atom. The third-order valence-corrected chi connectivity index (χ3v) is 4.49.